The molecule has 4 nitrogen and oxygen atoms in total. The van der Waals surface area contributed by atoms with Crippen molar-refractivity contribution in [2.24, 2.45) is 0 Å². The first-order valence-corrected chi connectivity index (χ1v) is 4.48. The van der Waals surface area contributed by atoms with Gasteiger partial charge in [-0.05, 0) is 12.2 Å². The highest BCUT2D eigenvalue weighted by Crippen LogP contribution is 2.20. The number of carbonyl (C=O) groups excluding carboxylic acids is 1. The fourth-order valence-corrected chi connectivity index (χ4v) is 1.59. The Balaban J connectivity index is 2.43. The zero-order valence-corrected chi connectivity index (χ0v) is 8.02. The molecule has 1 saturated heterocycles. The van der Waals surface area contributed by atoms with Crippen molar-refractivity contribution in [3.63, 3.8) is 0 Å². The maximum Gasteiger partial charge on any atom is 0.273 e. The highest BCUT2D eigenvalue weighted by Gasteiger charge is 2.43. The smallest absolute Gasteiger partial charge is 0.273 e. The SMILES string of the molecule is [NH]C1(c2ccccc2)NC(=S)NC1=O. The van der Waals surface area contributed by atoms with E-state index in [1.165, 1.54) is 0 Å². The molecule has 1 unspecified atom stereocenters. The third kappa shape index (κ3) is 1.26. The maximum atomic E-state index is 11.5. The summed E-state index contributed by atoms with van der Waals surface area (Å²) in [5.74, 6) is -0.436. The van der Waals surface area contributed by atoms with Crippen LogP contribution in [0.2, 0.25) is 0 Å². The zero-order chi connectivity index (χ0) is 10.2. The van der Waals surface area contributed by atoms with Gasteiger partial charge in [-0.2, -0.15) is 0 Å². The molecule has 0 spiro atoms. The number of carbonyl (C=O) groups is 1. The van der Waals surface area contributed by atoms with Gasteiger partial charge in [0.1, 0.15) is 0 Å². The van der Waals surface area contributed by atoms with Crippen molar-refractivity contribution in [1.29, 1.82) is 0 Å². The molecule has 1 aliphatic heterocycles. The first-order chi connectivity index (χ1) is 6.63. The first kappa shape index (κ1) is 9.11. The average molecular weight is 206 g/mol. The highest BCUT2D eigenvalue weighted by atomic mass is 32.1. The number of rotatable bonds is 1. The van der Waals surface area contributed by atoms with E-state index in [1.807, 2.05) is 6.07 Å². The Morgan fingerprint density at radius 3 is 2.43 bits per heavy atom. The minimum Gasteiger partial charge on any atom is -0.332 e. The number of thiocarbonyl (C=S) groups is 1. The van der Waals surface area contributed by atoms with E-state index in [4.69, 9.17) is 18.0 Å². The lowest BCUT2D eigenvalue weighted by Crippen LogP contribution is -2.45. The van der Waals surface area contributed by atoms with Crippen LogP contribution < -0.4 is 16.4 Å². The molecule has 2 rings (SSSR count). The Labute approximate surface area is 86.5 Å². The van der Waals surface area contributed by atoms with Gasteiger partial charge in [0.05, 0.1) is 0 Å². The van der Waals surface area contributed by atoms with Gasteiger partial charge in [-0.3, -0.25) is 10.1 Å². The third-order valence-corrected chi connectivity index (χ3v) is 2.28. The summed E-state index contributed by atoms with van der Waals surface area (Å²) in [5, 5.41) is 5.24. The average Bonchev–Trinajstić information content (AvgIpc) is 2.43. The van der Waals surface area contributed by atoms with E-state index < -0.39 is 11.6 Å². The summed E-state index contributed by atoms with van der Waals surface area (Å²) in [6, 6.07) is 8.82. The van der Waals surface area contributed by atoms with Crippen LogP contribution in [0.5, 0.6) is 0 Å². The van der Waals surface area contributed by atoms with Gasteiger partial charge in [-0.25, -0.2) is 5.73 Å². The molecular weight excluding hydrogens is 198 g/mol. The molecule has 1 heterocycles. The van der Waals surface area contributed by atoms with E-state index in [0.29, 0.717) is 5.56 Å². The standard InChI is InChI=1S/C9H8N3OS/c10-9(6-4-2-1-3-5-6)7(13)11-8(14)12-9/h1-5,10H,(H2,11,12,13,14). The van der Waals surface area contributed by atoms with Crippen LogP contribution in [-0.2, 0) is 10.5 Å². The van der Waals surface area contributed by atoms with Gasteiger partial charge in [0, 0.05) is 5.56 Å². The quantitative estimate of drug-likeness (QED) is 0.642. The first-order valence-electron chi connectivity index (χ1n) is 4.07. The zero-order valence-electron chi connectivity index (χ0n) is 7.20. The van der Waals surface area contributed by atoms with Crippen molar-refractivity contribution in [3.8, 4) is 0 Å². The molecular formula is C9H8N3OS. The molecule has 0 bridgehead atoms. The molecule has 1 aliphatic rings. The van der Waals surface area contributed by atoms with E-state index in [-0.39, 0.29) is 5.11 Å². The molecule has 0 aromatic heterocycles. The topological polar surface area (TPSA) is 64.9 Å². The third-order valence-electron chi connectivity index (χ3n) is 2.08. The Morgan fingerprint density at radius 1 is 1.29 bits per heavy atom. The van der Waals surface area contributed by atoms with Gasteiger partial charge in [-0.15, -0.1) is 0 Å². The molecule has 1 fully saturated rings. The van der Waals surface area contributed by atoms with Gasteiger partial charge in [0.2, 0.25) is 5.66 Å². The second-order valence-electron chi connectivity index (χ2n) is 3.02. The second-order valence-corrected chi connectivity index (χ2v) is 3.43. The number of benzene rings is 1. The Hall–Kier alpha value is -1.46. The van der Waals surface area contributed by atoms with Crippen LogP contribution in [-0.4, -0.2) is 11.0 Å². The Morgan fingerprint density at radius 2 is 1.93 bits per heavy atom. The minimum absolute atomic E-state index is 0.203. The highest BCUT2D eigenvalue weighted by molar-refractivity contribution is 7.80. The van der Waals surface area contributed by atoms with E-state index in [2.05, 4.69) is 10.6 Å². The Bertz CT molecular complexity index is 392. The summed E-state index contributed by atoms with van der Waals surface area (Å²) in [5.41, 5.74) is 7.05. The summed E-state index contributed by atoms with van der Waals surface area (Å²) >= 11 is 4.78. The van der Waals surface area contributed by atoms with Crippen LogP contribution in [0.25, 0.3) is 0 Å². The maximum absolute atomic E-state index is 11.5. The lowest BCUT2D eigenvalue weighted by molar-refractivity contribution is -0.124. The van der Waals surface area contributed by atoms with Crippen LogP contribution >= 0.6 is 12.2 Å². The number of nitrogens with one attached hydrogen (secondary N) is 3. The largest absolute Gasteiger partial charge is 0.332 e. The molecule has 71 valence electrons. The van der Waals surface area contributed by atoms with E-state index >= 15 is 0 Å². The van der Waals surface area contributed by atoms with Crippen molar-refractivity contribution >= 4 is 23.2 Å². The molecule has 0 saturated carbocycles. The second kappa shape index (κ2) is 3.04. The Kier molecular flexibility index (Phi) is 1.98. The summed E-state index contributed by atoms with van der Waals surface area (Å²) in [6.07, 6.45) is 0. The van der Waals surface area contributed by atoms with E-state index in [9.17, 15) is 4.79 Å². The fourth-order valence-electron chi connectivity index (χ4n) is 1.35. The van der Waals surface area contributed by atoms with Crippen LogP contribution in [0, 0.1) is 0 Å². The summed E-state index contributed by atoms with van der Waals surface area (Å²) in [4.78, 5) is 11.5. The minimum atomic E-state index is -1.47. The van der Waals surface area contributed by atoms with Crippen LogP contribution in [0.15, 0.2) is 30.3 Å². The van der Waals surface area contributed by atoms with Gasteiger partial charge < -0.3 is 5.32 Å². The van der Waals surface area contributed by atoms with Crippen LogP contribution in [0.3, 0.4) is 0 Å². The molecule has 14 heavy (non-hydrogen) atoms. The number of hydrogen-bond acceptors (Lipinski definition) is 2. The van der Waals surface area contributed by atoms with E-state index in [1.54, 1.807) is 24.3 Å². The predicted molar refractivity (Wildman–Crippen MR) is 55.1 cm³/mol. The number of hydrogen-bond donors (Lipinski definition) is 2. The molecule has 5 heteroatoms. The monoisotopic (exact) mass is 206 g/mol. The molecule has 1 aromatic carbocycles. The summed E-state index contributed by atoms with van der Waals surface area (Å²) in [6.45, 7) is 0. The molecule has 3 N–H and O–H groups in total. The summed E-state index contributed by atoms with van der Waals surface area (Å²) < 4.78 is 0. The summed E-state index contributed by atoms with van der Waals surface area (Å²) in [7, 11) is 0. The lowest BCUT2D eigenvalue weighted by Gasteiger charge is -2.19. The van der Waals surface area contributed by atoms with Gasteiger partial charge in [0.15, 0.2) is 5.11 Å². The molecule has 0 aliphatic carbocycles. The van der Waals surface area contributed by atoms with E-state index in [0.717, 1.165) is 0 Å². The van der Waals surface area contributed by atoms with Crippen molar-refractivity contribution in [2.75, 3.05) is 0 Å². The van der Waals surface area contributed by atoms with Crippen LogP contribution in [0.4, 0.5) is 0 Å². The van der Waals surface area contributed by atoms with Crippen molar-refractivity contribution in [3.05, 3.63) is 35.9 Å². The van der Waals surface area contributed by atoms with Gasteiger partial charge in [-0.1, -0.05) is 30.3 Å². The molecule has 1 atom stereocenters. The van der Waals surface area contributed by atoms with Crippen molar-refractivity contribution in [1.82, 2.24) is 16.4 Å². The normalized spacial score (nSPS) is 25.8. The molecule has 1 radical (unpaired) electrons. The van der Waals surface area contributed by atoms with Crippen LogP contribution in [0.1, 0.15) is 5.56 Å². The fraction of sp³-hybridized carbons (Fsp3) is 0.111. The predicted octanol–water partition coefficient (Wildman–Crippen LogP) is 0.127. The van der Waals surface area contributed by atoms with Gasteiger partial charge in [0.25, 0.3) is 5.91 Å². The molecule has 1 aromatic rings. The van der Waals surface area contributed by atoms with Gasteiger partial charge >= 0.3 is 0 Å². The number of amides is 1. The molecule has 1 amide bonds. The van der Waals surface area contributed by atoms with Crippen molar-refractivity contribution in [2.45, 2.75) is 5.66 Å². The van der Waals surface area contributed by atoms with Crippen molar-refractivity contribution < 1.29 is 4.79 Å². The lowest BCUT2D eigenvalue weighted by atomic mass is 10.0.